The predicted octanol–water partition coefficient (Wildman–Crippen LogP) is 2.46. The highest BCUT2D eigenvalue weighted by molar-refractivity contribution is 5.80. The highest BCUT2D eigenvalue weighted by Crippen LogP contribution is 2.27. The molecule has 3 rings (SSSR count). The first-order valence-corrected chi connectivity index (χ1v) is 7.75. The third-order valence-corrected chi connectivity index (χ3v) is 4.50. The van der Waals surface area contributed by atoms with Gasteiger partial charge in [0.1, 0.15) is 5.82 Å². The Kier molecular flexibility index (Phi) is 4.30. The summed E-state index contributed by atoms with van der Waals surface area (Å²) in [5.74, 6) is 0.199. The molecule has 23 heavy (non-hydrogen) atoms. The van der Waals surface area contributed by atoms with Crippen LogP contribution in [-0.2, 0) is 4.79 Å². The minimum atomic E-state index is -2.70. The molecule has 2 aromatic rings. The van der Waals surface area contributed by atoms with E-state index in [0.29, 0.717) is 17.0 Å². The monoisotopic (exact) mass is 322 g/mol. The fourth-order valence-electron chi connectivity index (χ4n) is 2.86. The predicted molar refractivity (Wildman–Crippen MR) is 83.1 cm³/mol. The lowest BCUT2D eigenvalue weighted by molar-refractivity contribution is -0.127. The third kappa shape index (κ3) is 2.93. The van der Waals surface area contributed by atoms with Crippen molar-refractivity contribution < 1.29 is 13.6 Å². The zero-order valence-corrected chi connectivity index (χ0v) is 13.1. The van der Waals surface area contributed by atoms with Gasteiger partial charge in [-0.2, -0.15) is 8.78 Å². The van der Waals surface area contributed by atoms with Crippen molar-refractivity contribution in [3.63, 3.8) is 0 Å². The summed E-state index contributed by atoms with van der Waals surface area (Å²) in [6.07, 6.45) is 0. The largest absolute Gasteiger partial charge is 0.346 e. The van der Waals surface area contributed by atoms with Crippen LogP contribution in [0.3, 0.4) is 0 Å². The topological polar surface area (TPSA) is 59.0 Å². The van der Waals surface area contributed by atoms with Gasteiger partial charge in [0.15, 0.2) is 0 Å². The molecule has 1 saturated heterocycles. The van der Waals surface area contributed by atoms with E-state index in [2.05, 4.69) is 15.6 Å². The summed E-state index contributed by atoms with van der Waals surface area (Å²) in [6.45, 7) is 2.48. The van der Waals surface area contributed by atoms with Crippen LogP contribution in [0.4, 0.5) is 8.78 Å². The molecule has 0 saturated carbocycles. The lowest BCUT2D eigenvalue weighted by Crippen LogP contribution is -2.50. The van der Waals surface area contributed by atoms with Crippen molar-refractivity contribution >= 4 is 16.9 Å². The Bertz CT molecular complexity index is 711. The van der Waals surface area contributed by atoms with E-state index in [1.165, 1.54) is 0 Å². The SMILES string of the molecule is CC(NC(=O)C(C)C1CNC1)c1nc2ccccc2n1C(F)F. The van der Waals surface area contributed by atoms with E-state index in [1.54, 1.807) is 31.2 Å². The second-order valence-electron chi connectivity index (χ2n) is 6.04. The average molecular weight is 322 g/mol. The van der Waals surface area contributed by atoms with Crippen LogP contribution in [0.5, 0.6) is 0 Å². The van der Waals surface area contributed by atoms with Crippen molar-refractivity contribution in [3.05, 3.63) is 30.1 Å². The molecule has 2 atom stereocenters. The number of rotatable bonds is 5. The first-order valence-electron chi connectivity index (χ1n) is 7.75. The summed E-state index contributed by atoms with van der Waals surface area (Å²) >= 11 is 0. The summed E-state index contributed by atoms with van der Waals surface area (Å²) < 4.78 is 27.8. The number of hydrogen-bond acceptors (Lipinski definition) is 3. The number of amides is 1. The van der Waals surface area contributed by atoms with Gasteiger partial charge >= 0.3 is 6.55 Å². The van der Waals surface area contributed by atoms with Gasteiger partial charge in [0, 0.05) is 5.92 Å². The zero-order valence-electron chi connectivity index (χ0n) is 13.1. The van der Waals surface area contributed by atoms with E-state index in [4.69, 9.17) is 0 Å². The van der Waals surface area contributed by atoms with Crippen LogP contribution < -0.4 is 10.6 Å². The number of para-hydroxylation sites is 2. The third-order valence-electron chi connectivity index (χ3n) is 4.50. The van der Waals surface area contributed by atoms with Crippen LogP contribution in [0.25, 0.3) is 11.0 Å². The molecule has 0 aliphatic carbocycles. The highest BCUT2D eigenvalue weighted by atomic mass is 19.3. The van der Waals surface area contributed by atoms with Gasteiger partial charge in [-0.15, -0.1) is 0 Å². The maximum absolute atomic E-state index is 13.4. The van der Waals surface area contributed by atoms with E-state index in [0.717, 1.165) is 17.7 Å². The lowest BCUT2D eigenvalue weighted by Gasteiger charge is -2.32. The Labute approximate surface area is 133 Å². The summed E-state index contributed by atoms with van der Waals surface area (Å²) in [5.41, 5.74) is 0.870. The Hall–Kier alpha value is -2.02. The van der Waals surface area contributed by atoms with Gasteiger partial charge in [0.25, 0.3) is 0 Å². The molecule has 1 aromatic heterocycles. The quantitative estimate of drug-likeness (QED) is 0.889. The molecule has 0 radical (unpaired) electrons. The molecule has 2 unspecified atom stereocenters. The van der Waals surface area contributed by atoms with Crippen LogP contribution in [0.2, 0.25) is 0 Å². The van der Waals surface area contributed by atoms with Gasteiger partial charge in [0.05, 0.1) is 17.1 Å². The molecule has 1 aromatic carbocycles. The Balaban J connectivity index is 1.84. The van der Waals surface area contributed by atoms with Gasteiger partial charge in [-0.1, -0.05) is 19.1 Å². The number of imidazole rings is 1. The lowest BCUT2D eigenvalue weighted by atomic mass is 9.88. The van der Waals surface area contributed by atoms with Gasteiger partial charge in [-0.05, 0) is 38.1 Å². The van der Waals surface area contributed by atoms with E-state index in [9.17, 15) is 13.6 Å². The molecule has 7 heteroatoms. The van der Waals surface area contributed by atoms with Crippen LogP contribution in [0.15, 0.2) is 24.3 Å². The van der Waals surface area contributed by atoms with Crippen molar-refractivity contribution in [2.45, 2.75) is 26.4 Å². The fourth-order valence-corrected chi connectivity index (χ4v) is 2.86. The molecule has 1 aliphatic rings. The fraction of sp³-hybridized carbons (Fsp3) is 0.500. The second kappa shape index (κ2) is 6.23. The van der Waals surface area contributed by atoms with Crippen molar-refractivity contribution in [2.24, 2.45) is 11.8 Å². The molecule has 2 heterocycles. The van der Waals surface area contributed by atoms with Gasteiger partial charge in [0.2, 0.25) is 5.91 Å². The normalized spacial score (nSPS) is 18.0. The number of hydrogen-bond donors (Lipinski definition) is 2. The molecule has 124 valence electrons. The smallest absolute Gasteiger partial charge is 0.320 e. The van der Waals surface area contributed by atoms with Gasteiger partial charge < -0.3 is 10.6 Å². The average Bonchev–Trinajstić information content (AvgIpc) is 2.84. The molecule has 0 bridgehead atoms. The van der Waals surface area contributed by atoms with Crippen molar-refractivity contribution in [2.75, 3.05) is 13.1 Å². The molecule has 1 aliphatic heterocycles. The number of aromatic nitrogens is 2. The van der Waals surface area contributed by atoms with Crippen LogP contribution >= 0.6 is 0 Å². The van der Waals surface area contributed by atoms with Crippen molar-refractivity contribution in [1.29, 1.82) is 0 Å². The van der Waals surface area contributed by atoms with E-state index >= 15 is 0 Å². The summed E-state index contributed by atoms with van der Waals surface area (Å²) in [6, 6.07) is 6.16. The standard InChI is InChI=1S/C16H20F2N4O/c1-9(11-7-19-8-11)15(23)20-10(2)14-21-12-5-3-4-6-13(12)22(14)16(17)18/h3-6,9-11,16,19H,7-8H2,1-2H3,(H,20,23). The Morgan fingerprint density at radius 3 is 2.65 bits per heavy atom. The molecular weight excluding hydrogens is 302 g/mol. The molecule has 1 fully saturated rings. The second-order valence-corrected chi connectivity index (χ2v) is 6.04. The van der Waals surface area contributed by atoms with Gasteiger partial charge in [-0.3, -0.25) is 9.36 Å². The van der Waals surface area contributed by atoms with Crippen molar-refractivity contribution in [1.82, 2.24) is 20.2 Å². The Morgan fingerprint density at radius 2 is 2.04 bits per heavy atom. The maximum atomic E-state index is 13.4. The van der Waals surface area contributed by atoms with Crippen LogP contribution in [0.1, 0.15) is 32.3 Å². The Morgan fingerprint density at radius 1 is 1.35 bits per heavy atom. The first kappa shape index (κ1) is 15.9. The molecule has 1 amide bonds. The van der Waals surface area contributed by atoms with Crippen LogP contribution in [0, 0.1) is 11.8 Å². The molecular formula is C16H20F2N4O. The van der Waals surface area contributed by atoms with Crippen LogP contribution in [-0.4, -0.2) is 28.5 Å². The minimum absolute atomic E-state index is 0.128. The van der Waals surface area contributed by atoms with Crippen molar-refractivity contribution in [3.8, 4) is 0 Å². The zero-order chi connectivity index (χ0) is 16.6. The summed E-state index contributed by atoms with van der Waals surface area (Å²) in [4.78, 5) is 16.6. The summed E-state index contributed by atoms with van der Waals surface area (Å²) in [7, 11) is 0. The number of nitrogens with zero attached hydrogens (tertiary/aromatic N) is 2. The van der Waals surface area contributed by atoms with E-state index in [-0.39, 0.29) is 17.6 Å². The molecule has 5 nitrogen and oxygen atoms in total. The number of benzene rings is 1. The minimum Gasteiger partial charge on any atom is -0.346 e. The first-order chi connectivity index (χ1) is 11.0. The number of fused-ring (bicyclic) bond motifs is 1. The number of alkyl halides is 2. The maximum Gasteiger partial charge on any atom is 0.320 e. The summed E-state index contributed by atoms with van der Waals surface area (Å²) in [5, 5.41) is 5.95. The van der Waals surface area contributed by atoms with Gasteiger partial charge in [-0.25, -0.2) is 4.98 Å². The molecule has 2 N–H and O–H groups in total. The number of carbonyl (C=O) groups excluding carboxylic acids is 1. The number of nitrogens with one attached hydrogen (secondary N) is 2. The van der Waals surface area contributed by atoms with E-state index in [1.807, 2.05) is 6.92 Å². The van der Waals surface area contributed by atoms with E-state index < -0.39 is 12.6 Å². The number of halogens is 2. The molecule has 0 spiro atoms. The highest BCUT2D eigenvalue weighted by Gasteiger charge is 2.30. The number of carbonyl (C=O) groups is 1.